The molecule has 2 rings (SSSR count). The Morgan fingerprint density at radius 1 is 0.913 bits per heavy atom. The zero-order valence-corrected chi connectivity index (χ0v) is 12.4. The molecule has 2 aromatic rings. The highest BCUT2D eigenvalue weighted by Gasteiger charge is 2.23. The molecule has 0 atom stereocenters. The molecule has 118 valence electrons. The Hall–Kier alpha value is -3.22. The predicted octanol–water partition coefficient (Wildman–Crippen LogP) is 4.11. The molecule has 0 aliphatic carbocycles. The van der Waals surface area contributed by atoms with Crippen molar-refractivity contribution in [2.45, 2.75) is 6.92 Å². The van der Waals surface area contributed by atoms with E-state index in [1.54, 1.807) is 12.2 Å². The van der Waals surface area contributed by atoms with E-state index in [2.05, 4.69) is 5.32 Å². The van der Waals surface area contributed by atoms with Gasteiger partial charge in [0.15, 0.2) is 0 Å². The maximum absolute atomic E-state index is 10.9. The topological polar surface area (TPSA) is 98.3 Å². The van der Waals surface area contributed by atoms with E-state index in [9.17, 15) is 20.2 Å². The van der Waals surface area contributed by atoms with Crippen molar-refractivity contribution in [2.24, 2.45) is 0 Å². The van der Waals surface area contributed by atoms with Crippen LogP contribution >= 0.6 is 0 Å². The van der Waals surface area contributed by atoms with Crippen LogP contribution in [0.4, 0.5) is 17.1 Å². The fourth-order valence-electron chi connectivity index (χ4n) is 2.05. The Labute approximate surface area is 132 Å². The molecule has 2 aromatic carbocycles. The summed E-state index contributed by atoms with van der Waals surface area (Å²) >= 11 is 0. The van der Waals surface area contributed by atoms with E-state index in [4.69, 9.17) is 0 Å². The number of hydrogen-bond acceptors (Lipinski definition) is 5. The van der Waals surface area contributed by atoms with Crippen LogP contribution in [0, 0.1) is 20.2 Å². The molecule has 1 N–H and O–H groups in total. The molecule has 0 unspecified atom stereocenters. The molecular formula is C16H15N3O4. The second-order valence-electron chi connectivity index (χ2n) is 4.75. The summed E-state index contributed by atoms with van der Waals surface area (Å²) in [6.07, 6.45) is 3.47. The first-order chi connectivity index (χ1) is 11.0. The van der Waals surface area contributed by atoms with Crippen LogP contribution in [0.5, 0.6) is 0 Å². The van der Waals surface area contributed by atoms with Gasteiger partial charge in [-0.2, -0.15) is 0 Å². The van der Waals surface area contributed by atoms with Gasteiger partial charge in [0.1, 0.15) is 0 Å². The largest absolute Gasteiger partial charge is 0.385 e. The molecule has 0 bridgehead atoms. The van der Waals surface area contributed by atoms with Crippen LogP contribution < -0.4 is 5.32 Å². The quantitative estimate of drug-likeness (QED) is 0.491. The Morgan fingerprint density at radius 2 is 1.48 bits per heavy atom. The lowest BCUT2D eigenvalue weighted by molar-refractivity contribution is -0.422. The van der Waals surface area contributed by atoms with Crippen LogP contribution in [-0.4, -0.2) is 16.4 Å². The zero-order valence-electron chi connectivity index (χ0n) is 12.4. The zero-order chi connectivity index (χ0) is 16.8. The standard InChI is InChI=1S/C16H15N3O4/c1-2-17-14-8-5-12(6-9-14)3-4-13-7-10-15(18(20)21)16(11-13)19(22)23/h3-11,17H,2H2,1H3. The van der Waals surface area contributed by atoms with Gasteiger partial charge in [-0.1, -0.05) is 24.3 Å². The van der Waals surface area contributed by atoms with Crippen LogP contribution in [0.3, 0.4) is 0 Å². The Balaban J connectivity index is 2.23. The molecule has 0 aliphatic heterocycles. The van der Waals surface area contributed by atoms with Crippen LogP contribution in [-0.2, 0) is 0 Å². The summed E-state index contributed by atoms with van der Waals surface area (Å²) in [4.78, 5) is 20.2. The molecule has 0 amide bonds. The number of nitro groups is 2. The first kappa shape index (κ1) is 16.2. The van der Waals surface area contributed by atoms with E-state index < -0.39 is 21.2 Å². The van der Waals surface area contributed by atoms with Crippen molar-refractivity contribution in [1.29, 1.82) is 0 Å². The number of nitrogens with one attached hydrogen (secondary N) is 1. The lowest BCUT2D eigenvalue weighted by atomic mass is 10.1. The second-order valence-corrected chi connectivity index (χ2v) is 4.75. The molecule has 0 aliphatic rings. The highest BCUT2D eigenvalue weighted by molar-refractivity contribution is 5.73. The summed E-state index contributed by atoms with van der Waals surface area (Å²) in [6, 6.07) is 11.5. The van der Waals surface area contributed by atoms with Crippen LogP contribution in [0.1, 0.15) is 18.1 Å². The fourth-order valence-corrected chi connectivity index (χ4v) is 2.05. The van der Waals surface area contributed by atoms with E-state index >= 15 is 0 Å². The van der Waals surface area contributed by atoms with Gasteiger partial charge in [-0.15, -0.1) is 0 Å². The van der Waals surface area contributed by atoms with Gasteiger partial charge in [-0.25, -0.2) is 0 Å². The summed E-state index contributed by atoms with van der Waals surface area (Å²) in [6.45, 7) is 2.84. The summed E-state index contributed by atoms with van der Waals surface area (Å²) in [5.41, 5.74) is 1.43. The number of nitrogens with zero attached hydrogens (tertiary/aromatic N) is 2. The average molecular weight is 313 g/mol. The third-order valence-corrected chi connectivity index (χ3v) is 3.15. The minimum Gasteiger partial charge on any atom is -0.385 e. The molecule has 0 saturated carbocycles. The van der Waals surface area contributed by atoms with Crippen LogP contribution in [0.2, 0.25) is 0 Å². The summed E-state index contributed by atoms with van der Waals surface area (Å²) in [5, 5.41) is 24.9. The van der Waals surface area contributed by atoms with E-state index in [1.807, 2.05) is 31.2 Å². The highest BCUT2D eigenvalue weighted by atomic mass is 16.6. The molecule has 23 heavy (non-hydrogen) atoms. The molecule has 0 fully saturated rings. The molecule has 0 saturated heterocycles. The number of anilines is 1. The number of rotatable bonds is 6. The van der Waals surface area contributed by atoms with Crippen LogP contribution in [0.25, 0.3) is 12.2 Å². The van der Waals surface area contributed by atoms with E-state index in [0.717, 1.165) is 23.9 Å². The maximum Gasteiger partial charge on any atom is 0.346 e. The Morgan fingerprint density at radius 3 is 2.04 bits per heavy atom. The second kappa shape index (κ2) is 7.17. The number of hydrogen-bond donors (Lipinski definition) is 1. The van der Waals surface area contributed by atoms with Crippen molar-refractivity contribution in [1.82, 2.24) is 0 Å². The number of benzene rings is 2. The van der Waals surface area contributed by atoms with Crippen molar-refractivity contribution < 1.29 is 9.85 Å². The van der Waals surface area contributed by atoms with Crippen molar-refractivity contribution >= 4 is 29.2 Å². The Bertz CT molecular complexity index is 754. The van der Waals surface area contributed by atoms with Gasteiger partial charge in [0, 0.05) is 24.4 Å². The average Bonchev–Trinajstić information content (AvgIpc) is 2.54. The van der Waals surface area contributed by atoms with E-state index in [1.165, 1.54) is 12.1 Å². The van der Waals surface area contributed by atoms with E-state index in [0.29, 0.717) is 5.56 Å². The molecule has 0 radical (unpaired) electrons. The molecule has 0 heterocycles. The predicted molar refractivity (Wildman–Crippen MR) is 89.3 cm³/mol. The SMILES string of the molecule is CCNc1ccc(C=Cc2ccc([N+](=O)[O-])c([N+](=O)[O-])c2)cc1. The first-order valence-electron chi connectivity index (χ1n) is 6.96. The third kappa shape index (κ3) is 4.13. The molecule has 0 aromatic heterocycles. The van der Waals surface area contributed by atoms with Crippen molar-refractivity contribution in [3.63, 3.8) is 0 Å². The van der Waals surface area contributed by atoms with Gasteiger partial charge < -0.3 is 5.32 Å². The molecule has 7 heteroatoms. The van der Waals surface area contributed by atoms with Crippen molar-refractivity contribution in [2.75, 3.05) is 11.9 Å². The van der Waals surface area contributed by atoms with Gasteiger partial charge in [0.05, 0.1) is 9.85 Å². The van der Waals surface area contributed by atoms with Gasteiger partial charge in [0.25, 0.3) is 0 Å². The van der Waals surface area contributed by atoms with Crippen molar-refractivity contribution in [3.05, 3.63) is 73.8 Å². The monoisotopic (exact) mass is 313 g/mol. The highest BCUT2D eigenvalue weighted by Crippen LogP contribution is 2.28. The summed E-state index contributed by atoms with van der Waals surface area (Å²) in [5.74, 6) is 0. The molecule has 7 nitrogen and oxygen atoms in total. The normalized spacial score (nSPS) is 10.7. The minimum atomic E-state index is -0.759. The van der Waals surface area contributed by atoms with Gasteiger partial charge >= 0.3 is 11.4 Å². The first-order valence-corrected chi connectivity index (χ1v) is 6.96. The van der Waals surface area contributed by atoms with Gasteiger partial charge in [-0.05, 0) is 36.2 Å². The Kier molecular flexibility index (Phi) is 5.03. The van der Waals surface area contributed by atoms with Crippen molar-refractivity contribution in [3.8, 4) is 0 Å². The summed E-state index contributed by atoms with van der Waals surface area (Å²) in [7, 11) is 0. The molecular weight excluding hydrogens is 298 g/mol. The van der Waals surface area contributed by atoms with E-state index in [-0.39, 0.29) is 0 Å². The smallest absolute Gasteiger partial charge is 0.346 e. The lowest BCUT2D eigenvalue weighted by Gasteiger charge is -2.02. The maximum atomic E-state index is 10.9. The number of nitro benzene ring substituents is 2. The lowest BCUT2D eigenvalue weighted by Crippen LogP contribution is -1.96. The fraction of sp³-hybridized carbons (Fsp3) is 0.125. The minimum absolute atomic E-state index is 0.512. The van der Waals surface area contributed by atoms with Crippen LogP contribution in [0.15, 0.2) is 42.5 Å². The van der Waals surface area contributed by atoms with Gasteiger partial charge in [0.2, 0.25) is 0 Å². The van der Waals surface area contributed by atoms with Gasteiger partial charge in [-0.3, -0.25) is 20.2 Å². The molecule has 0 spiro atoms. The summed E-state index contributed by atoms with van der Waals surface area (Å²) < 4.78 is 0. The third-order valence-electron chi connectivity index (χ3n) is 3.15.